The molecule has 26 heavy (non-hydrogen) atoms. The lowest BCUT2D eigenvalue weighted by Gasteiger charge is -2.08. The molecule has 3 aromatic rings. The maximum absolute atomic E-state index is 12.1. The summed E-state index contributed by atoms with van der Waals surface area (Å²) in [6, 6.07) is 10.8. The summed E-state index contributed by atoms with van der Waals surface area (Å²) in [5.74, 6) is -0.734. The number of furan rings is 2. The highest BCUT2D eigenvalue weighted by Crippen LogP contribution is 2.12. The summed E-state index contributed by atoms with van der Waals surface area (Å²) < 4.78 is 10.0. The highest BCUT2D eigenvalue weighted by atomic mass is 16.3. The van der Waals surface area contributed by atoms with Crippen molar-refractivity contribution in [3.05, 3.63) is 77.6 Å². The van der Waals surface area contributed by atoms with E-state index in [1.54, 1.807) is 31.2 Å². The Kier molecular flexibility index (Phi) is 4.84. The minimum absolute atomic E-state index is 0.184. The molecule has 0 saturated heterocycles. The van der Waals surface area contributed by atoms with Crippen molar-refractivity contribution in [2.75, 3.05) is 5.32 Å². The molecule has 0 spiro atoms. The highest BCUT2D eigenvalue weighted by molar-refractivity contribution is 6.03. The van der Waals surface area contributed by atoms with E-state index < -0.39 is 17.7 Å². The minimum atomic E-state index is -0.497. The second-order valence-corrected chi connectivity index (χ2v) is 5.31. The normalized spacial score (nSPS) is 10.2. The molecule has 2 aromatic heterocycles. The lowest BCUT2D eigenvalue weighted by Crippen LogP contribution is -2.41. The van der Waals surface area contributed by atoms with Crippen molar-refractivity contribution in [2.24, 2.45) is 0 Å². The van der Waals surface area contributed by atoms with Crippen molar-refractivity contribution in [1.82, 2.24) is 10.9 Å². The van der Waals surface area contributed by atoms with E-state index in [1.807, 2.05) is 0 Å². The first-order valence-electron chi connectivity index (χ1n) is 7.64. The maximum Gasteiger partial charge on any atom is 0.291 e. The first-order valence-corrected chi connectivity index (χ1v) is 7.64. The Morgan fingerprint density at radius 1 is 0.808 bits per heavy atom. The van der Waals surface area contributed by atoms with E-state index in [0.29, 0.717) is 22.6 Å². The van der Waals surface area contributed by atoms with Gasteiger partial charge in [0.25, 0.3) is 17.7 Å². The number of amides is 3. The molecule has 0 fully saturated rings. The van der Waals surface area contributed by atoms with E-state index in [9.17, 15) is 14.4 Å². The number of carbonyl (C=O) groups excluding carboxylic acids is 3. The largest absolute Gasteiger partial charge is 0.469 e. The number of anilines is 1. The van der Waals surface area contributed by atoms with Gasteiger partial charge in [-0.15, -0.1) is 0 Å². The van der Waals surface area contributed by atoms with E-state index in [0.717, 1.165) is 0 Å². The van der Waals surface area contributed by atoms with Crippen molar-refractivity contribution >= 4 is 23.4 Å². The molecule has 0 unspecified atom stereocenters. The van der Waals surface area contributed by atoms with Crippen molar-refractivity contribution in [3.8, 4) is 0 Å². The van der Waals surface area contributed by atoms with Gasteiger partial charge in [-0.25, -0.2) is 0 Å². The molecule has 2 heterocycles. The molecule has 132 valence electrons. The summed E-state index contributed by atoms with van der Waals surface area (Å²) in [4.78, 5) is 35.9. The van der Waals surface area contributed by atoms with Crippen molar-refractivity contribution in [2.45, 2.75) is 6.92 Å². The van der Waals surface area contributed by atoms with Crippen LogP contribution in [0.1, 0.15) is 37.0 Å². The zero-order valence-corrected chi connectivity index (χ0v) is 13.7. The van der Waals surface area contributed by atoms with Crippen LogP contribution in [-0.2, 0) is 0 Å². The van der Waals surface area contributed by atoms with Crippen molar-refractivity contribution < 1.29 is 23.2 Å². The Balaban J connectivity index is 1.56. The van der Waals surface area contributed by atoms with E-state index in [4.69, 9.17) is 8.83 Å². The summed E-state index contributed by atoms with van der Waals surface area (Å²) in [7, 11) is 0. The number of hydrogen-bond acceptors (Lipinski definition) is 5. The fourth-order valence-electron chi connectivity index (χ4n) is 2.18. The predicted octanol–water partition coefficient (Wildman–Crippen LogP) is 2.51. The van der Waals surface area contributed by atoms with Gasteiger partial charge in [0.05, 0.1) is 18.1 Å². The van der Waals surface area contributed by atoms with Crippen LogP contribution in [0.15, 0.2) is 63.8 Å². The van der Waals surface area contributed by atoms with Crippen LogP contribution in [0.4, 0.5) is 5.69 Å². The van der Waals surface area contributed by atoms with Gasteiger partial charge < -0.3 is 14.2 Å². The lowest BCUT2D eigenvalue weighted by molar-refractivity contribution is 0.0845. The molecule has 0 atom stereocenters. The van der Waals surface area contributed by atoms with Crippen LogP contribution in [0.3, 0.4) is 0 Å². The van der Waals surface area contributed by atoms with E-state index in [-0.39, 0.29) is 5.76 Å². The SMILES string of the molecule is Cc1occc1C(=O)NNC(=O)c1ccc(NC(=O)c2ccco2)cc1. The fraction of sp³-hybridized carbons (Fsp3) is 0.0556. The van der Waals surface area contributed by atoms with Gasteiger partial charge in [-0.05, 0) is 49.4 Å². The standard InChI is InChI=1S/C18H15N3O5/c1-11-14(8-10-25-11)17(23)21-20-16(22)12-4-6-13(7-5-12)19-18(24)15-3-2-9-26-15/h2-10H,1H3,(H,19,24)(H,20,22)(H,21,23). The number of aryl methyl sites for hydroxylation is 1. The van der Waals surface area contributed by atoms with Gasteiger partial charge in [0, 0.05) is 11.3 Å². The molecule has 8 nitrogen and oxygen atoms in total. The molecule has 3 amide bonds. The summed E-state index contributed by atoms with van der Waals surface area (Å²) in [6.45, 7) is 1.65. The second kappa shape index (κ2) is 7.39. The van der Waals surface area contributed by atoms with Gasteiger partial charge in [0.1, 0.15) is 5.76 Å². The van der Waals surface area contributed by atoms with Gasteiger partial charge in [-0.1, -0.05) is 0 Å². The quantitative estimate of drug-likeness (QED) is 0.624. The molecule has 0 bridgehead atoms. The Bertz CT molecular complexity index is 926. The number of rotatable bonds is 4. The average molecular weight is 353 g/mol. The number of nitrogens with one attached hydrogen (secondary N) is 3. The molecular formula is C18H15N3O5. The molecule has 0 aliphatic rings. The minimum Gasteiger partial charge on any atom is -0.469 e. The van der Waals surface area contributed by atoms with Crippen LogP contribution >= 0.6 is 0 Å². The summed E-state index contributed by atoms with van der Waals surface area (Å²) in [5.41, 5.74) is 5.77. The highest BCUT2D eigenvalue weighted by Gasteiger charge is 2.13. The van der Waals surface area contributed by atoms with Crippen LogP contribution in [0, 0.1) is 6.92 Å². The van der Waals surface area contributed by atoms with Gasteiger partial charge >= 0.3 is 0 Å². The van der Waals surface area contributed by atoms with Gasteiger partial charge in [-0.2, -0.15) is 0 Å². The zero-order valence-electron chi connectivity index (χ0n) is 13.7. The average Bonchev–Trinajstić information content (AvgIpc) is 3.31. The number of carbonyl (C=O) groups is 3. The molecule has 0 aliphatic carbocycles. The number of benzene rings is 1. The molecule has 3 rings (SSSR count). The maximum atomic E-state index is 12.1. The van der Waals surface area contributed by atoms with Crippen LogP contribution in [0.25, 0.3) is 0 Å². The third kappa shape index (κ3) is 3.81. The van der Waals surface area contributed by atoms with Gasteiger partial charge in [0.15, 0.2) is 5.76 Å². The summed E-state index contributed by atoms with van der Waals surface area (Å²) >= 11 is 0. The second-order valence-electron chi connectivity index (χ2n) is 5.31. The molecule has 0 aliphatic heterocycles. The Morgan fingerprint density at radius 3 is 2.15 bits per heavy atom. The van der Waals surface area contributed by atoms with Gasteiger partial charge in [0.2, 0.25) is 0 Å². The number of hydrazine groups is 1. The fourth-order valence-corrected chi connectivity index (χ4v) is 2.18. The Morgan fingerprint density at radius 2 is 1.54 bits per heavy atom. The molecule has 8 heteroatoms. The number of hydrogen-bond donors (Lipinski definition) is 3. The lowest BCUT2D eigenvalue weighted by atomic mass is 10.2. The van der Waals surface area contributed by atoms with Gasteiger partial charge in [-0.3, -0.25) is 25.2 Å². The van der Waals surface area contributed by atoms with Crippen LogP contribution < -0.4 is 16.2 Å². The summed E-state index contributed by atoms with van der Waals surface area (Å²) in [5, 5.41) is 2.64. The third-order valence-corrected chi connectivity index (χ3v) is 3.54. The van der Waals surface area contributed by atoms with E-state index in [2.05, 4.69) is 16.2 Å². The van der Waals surface area contributed by atoms with Crippen LogP contribution in [0.2, 0.25) is 0 Å². The molecule has 0 radical (unpaired) electrons. The first kappa shape index (κ1) is 17.0. The van der Waals surface area contributed by atoms with Crippen molar-refractivity contribution in [1.29, 1.82) is 0 Å². The molecule has 3 N–H and O–H groups in total. The van der Waals surface area contributed by atoms with E-state index >= 15 is 0 Å². The predicted molar refractivity (Wildman–Crippen MR) is 91.5 cm³/mol. The van der Waals surface area contributed by atoms with E-state index in [1.165, 1.54) is 30.7 Å². The summed E-state index contributed by atoms with van der Waals surface area (Å²) in [6.07, 6.45) is 2.80. The van der Waals surface area contributed by atoms with Crippen LogP contribution in [-0.4, -0.2) is 17.7 Å². The smallest absolute Gasteiger partial charge is 0.291 e. The van der Waals surface area contributed by atoms with Crippen molar-refractivity contribution in [3.63, 3.8) is 0 Å². The molecule has 1 aromatic carbocycles. The molecular weight excluding hydrogens is 338 g/mol. The zero-order chi connectivity index (χ0) is 18.5. The Labute approximate surface area is 148 Å². The first-order chi connectivity index (χ1) is 12.5. The third-order valence-electron chi connectivity index (χ3n) is 3.54. The Hall–Kier alpha value is -3.81. The molecule has 0 saturated carbocycles. The monoisotopic (exact) mass is 353 g/mol. The van der Waals surface area contributed by atoms with Crippen LogP contribution in [0.5, 0.6) is 0 Å². The topological polar surface area (TPSA) is 114 Å².